The number of carboxylic acid groups (broad SMARTS) is 1. The Morgan fingerprint density at radius 2 is 1.73 bits per heavy atom. The van der Waals surface area contributed by atoms with Crippen LogP contribution in [0.2, 0.25) is 0 Å². The lowest BCUT2D eigenvalue weighted by Crippen LogP contribution is -2.43. The van der Waals surface area contributed by atoms with Gasteiger partial charge in [-0.05, 0) is 45.7 Å². The van der Waals surface area contributed by atoms with Gasteiger partial charge in [0, 0.05) is 48.1 Å². The van der Waals surface area contributed by atoms with Gasteiger partial charge in [-0.15, -0.1) is 23.2 Å². The summed E-state index contributed by atoms with van der Waals surface area (Å²) < 4.78 is 11.4. The van der Waals surface area contributed by atoms with E-state index in [2.05, 4.69) is 10.2 Å². The van der Waals surface area contributed by atoms with E-state index in [9.17, 15) is 14.7 Å². The van der Waals surface area contributed by atoms with Crippen LogP contribution in [0, 0.1) is 12.3 Å². The smallest absolute Gasteiger partial charge is 0.407 e. The predicted octanol–water partition coefficient (Wildman–Crippen LogP) is 5.44. The van der Waals surface area contributed by atoms with Crippen molar-refractivity contribution in [1.29, 1.82) is 0 Å². The summed E-state index contributed by atoms with van der Waals surface area (Å²) >= 11 is 11.9. The Balaban J connectivity index is 2.89. The van der Waals surface area contributed by atoms with Crippen molar-refractivity contribution in [1.82, 2.24) is 5.32 Å². The summed E-state index contributed by atoms with van der Waals surface area (Å²) in [6.07, 6.45) is -0.432. The number of aliphatic carboxylic acids is 1. The highest BCUT2D eigenvalue weighted by Gasteiger charge is 2.29. The Hall–Kier alpha value is -1.86. The van der Waals surface area contributed by atoms with Crippen molar-refractivity contribution in [3.63, 3.8) is 0 Å². The van der Waals surface area contributed by atoms with Gasteiger partial charge in [0.2, 0.25) is 0 Å². The summed E-state index contributed by atoms with van der Waals surface area (Å²) in [5.74, 6) is 0.729. The van der Waals surface area contributed by atoms with Crippen LogP contribution >= 0.6 is 23.2 Å². The number of anilines is 1. The molecule has 188 valence electrons. The fourth-order valence-electron chi connectivity index (χ4n) is 3.37. The van der Waals surface area contributed by atoms with E-state index >= 15 is 0 Å². The van der Waals surface area contributed by atoms with Gasteiger partial charge in [0.15, 0.2) is 0 Å². The zero-order valence-electron chi connectivity index (χ0n) is 20.5. The highest BCUT2D eigenvalue weighted by Crippen LogP contribution is 2.30. The van der Waals surface area contributed by atoms with Crippen molar-refractivity contribution in [2.75, 3.05) is 36.4 Å². The number of ether oxygens (including phenoxy) is 2. The zero-order valence-corrected chi connectivity index (χ0v) is 22.1. The van der Waals surface area contributed by atoms with Crippen LogP contribution in [0.3, 0.4) is 0 Å². The molecular weight excluding hydrogens is 467 g/mol. The second-order valence-corrected chi connectivity index (χ2v) is 10.7. The predicted molar refractivity (Wildman–Crippen MR) is 134 cm³/mol. The van der Waals surface area contributed by atoms with Crippen molar-refractivity contribution < 1.29 is 24.2 Å². The molecule has 1 atom stereocenters. The molecule has 0 fully saturated rings. The Morgan fingerprint density at radius 3 is 2.24 bits per heavy atom. The minimum absolute atomic E-state index is 0.205. The zero-order chi connectivity index (χ0) is 25.2. The number of halogens is 2. The molecule has 0 aliphatic rings. The SMILES string of the molecule is Cc1ccc(N(CCCl)CCCl)cc1OCC(C)(C)C[C@H](CC(=O)O)NC(=O)OC(C)(C)C. The Kier molecular flexibility index (Phi) is 11.6. The third-order valence-corrected chi connectivity index (χ3v) is 5.14. The van der Waals surface area contributed by atoms with Crippen LogP contribution in [-0.4, -0.2) is 60.3 Å². The van der Waals surface area contributed by atoms with Crippen LogP contribution in [0.1, 0.15) is 53.0 Å². The number of carboxylic acids is 1. The van der Waals surface area contributed by atoms with E-state index in [0.717, 1.165) is 17.0 Å². The van der Waals surface area contributed by atoms with Crippen LogP contribution in [0.4, 0.5) is 10.5 Å². The highest BCUT2D eigenvalue weighted by molar-refractivity contribution is 6.18. The lowest BCUT2D eigenvalue weighted by molar-refractivity contribution is -0.137. The van der Waals surface area contributed by atoms with E-state index in [0.29, 0.717) is 37.9 Å². The maximum Gasteiger partial charge on any atom is 0.407 e. The maximum atomic E-state index is 12.2. The topological polar surface area (TPSA) is 88.1 Å². The number of hydrogen-bond donors (Lipinski definition) is 2. The number of aryl methyl sites for hydroxylation is 1. The number of nitrogens with zero attached hydrogens (tertiary/aromatic N) is 1. The monoisotopic (exact) mass is 504 g/mol. The van der Waals surface area contributed by atoms with Crippen LogP contribution in [0.25, 0.3) is 0 Å². The highest BCUT2D eigenvalue weighted by atomic mass is 35.5. The molecule has 0 radical (unpaired) electrons. The lowest BCUT2D eigenvalue weighted by Gasteiger charge is -2.31. The summed E-state index contributed by atoms with van der Waals surface area (Å²) in [7, 11) is 0. The minimum atomic E-state index is -0.991. The summed E-state index contributed by atoms with van der Waals surface area (Å²) in [5, 5.41) is 12.0. The third-order valence-electron chi connectivity index (χ3n) is 4.81. The van der Waals surface area contributed by atoms with E-state index < -0.39 is 29.1 Å². The third kappa shape index (κ3) is 11.7. The van der Waals surface area contributed by atoms with Gasteiger partial charge in [0.05, 0.1) is 13.0 Å². The van der Waals surface area contributed by atoms with Gasteiger partial charge < -0.3 is 24.8 Å². The van der Waals surface area contributed by atoms with Gasteiger partial charge in [-0.1, -0.05) is 19.9 Å². The summed E-state index contributed by atoms with van der Waals surface area (Å²) in [6.45, 7) is 12.9. The second-order valence-electron chi connectivity index (χ2n) is 9.91. The molecule has 0 aliphatic heterocycles. The Labute approximate surface area is 207 Å². The normalized spacial score (nSPS) is 12.7. The number of carbonyl (C=O) groups excluding carboxylic acids is 1. The first-order valence-corrected chi connectivity index (χ1v) is 12.1. The number of carbonyl (C=O) groups is 2. The van der Waals surface area contributed by atoms with E-state index in [1.54, 1.807) is 20.8 Å². The lowest BCUT2D eigenvalue weighted by atomic mass is 9.85. The summed E-state index contributed by atoms with van der Waals surface area (Å²) in [6, 6.07) is 5.38. The molecule has 0 spiro atoms. The van der Waals surface area contributed by atoms with Gasteiger partial charge in [-0.2, -0.15) is 0 Å². The average Bonchev–Trinajstić information content (AvgIpc) is 2.64. The van der Waals surface area contributed by atoms with Crippen molar-refractivity contribution in [3.05, 3.63) is 23.8 Å². The molecule has 0 unspecified atom stereocenters. The van der Waals surface area contributed by atoms with E-state index in [4.69, 9.17) is 32.7 Å². The fourth-order valence-corrected chi connectivity index (χ4v) is 3.78. The van der Waals surface area contributed by atoms with Gasteiger partial charge in [0.25, 0.3) is 0 Å². The van der Waals surface area contributed by atoms with Crippen LogP contribution in [0.5, 0.6) is 5.75 Å². The number of hydrogen-bond acceptors (Lipinski definition) is 5. The average molecular weight is 505 g/mol. The standard InChI is InChI=1S/C24H38Cl2N2O5/c1-17-7-8-19(28(11-9-25)12-10-26)14-20(17)32-16-24(5,6)15-18(13-21(29)30)27-22(31)33-23(2,3)4/h7-8,14,18H,9-13,15-16H2,1-6H3,(H,27,31)(H,29,30)/t18-/m0/s1. The van der Waals surface area contributed by atoms with Crippen molar-refractivity contribution in [2.45, 2.75) is 66.0 Å². The Morgan fingerprint density at radius 1 is 1.12 bits per heavy atom. The van der Waals surface area contributed by atoms with Gasteiger partial charge in [-0.25, -0.2) is 4.79 Å². The minimum Gasteiger partial charge on any atom is -0.493 e. The fraction of sp³-hybridized carbons (Fsp3) is 0.667. The number of alkyl carbamates (subject to hydrolysis) is 1. The summed E-state index contributed by atoms with van der Waals surface area (Å²) in [5.41, 5.74) is 0.883. The molecular formula is C24H38Cl2N2O5. The van der Waals surface area contributed by atoms with Crippen LogP contribution in [-0.2, 0) is 9.53 Å². The number of amides is 1. The van der Waals surface area contributed by atoms with Crippen molar-refractivity contribution in [2.24, 2.45) is 5.41 Å². The molecule has 2 N–H and O–H groups in total. The van der Waals surface area contributed by atoms with Gasteiger partial charge in [-0.3, -0.25) is 4.79 Å². The second kappa shape index (κ2) is 13.1. The van der Waals surface area contributed by atoms with E-state index in [1.165, 1.54) is 0 Å². The Bertz CT molecular complexity index is 775. The number of rotatable bonds is 13. The molecule has 0 aromatic heterocycles. The molecule has 1 aromatic rings. The molecule has 9 heteroatoms. The first-order valence-electron chi connectivity index (χ1n) is 11.1. The number of alkyl halides is 2. The van der Waals surface area contributed by atoms with Gasteiger partial charge >= 0.3 is 12.1 Å². The summed E-state index contributed by atoms with van der Waals surface area (Å²) in [4.78, 5) is 25.6. The van der Waals surface area contributed by atoms with Crippen molar-refractivity contribution in [3.8, 4) is 5.75 Å². The molecule has 1 amide bonds. The molecule has 0 saturated carbocycles. The first-order chi connectivity index (χ1) is 15.3. The molecule has 1 aromatic carbocycles. The molecule has 0 aliphatic carbocycles. The van der Waals surface area contributed by atoms with Crippen molar-refractivity contribution >= 4 is 41.0 Å². The van der Waals surface area contributed by atoms with Crippen LogP contribution in [0.15, 0.2) is 18.2 Å². The molecule has 33 heavy (non-hydrogen) atoms. The molecule has 1 rings (SSSR count). The van der Waals surface area contributed by atoms with E-state index in [-0.39, 0.29) is 6.42 Å². The number of nitrogens with one attached hydrogen (secondary N) is 1. The molecule has 0 bridgehead atoms. The van der Waals surface area contributed by atoms with Gasteiger partial charge in [0.1, 0.15) is 11.4 Å². The number of benzene rings is 1. The van der Waals surface area contributed by atoms with E-state index in [1.807, 2.05) is 39.0 Å². The molecule has 7 nitrogen and oxygen atoms in total. The van der Waals surface area contributed by atoms with Crippen LogP contribution < -0.4 is 15.0 Å². The molecule has 0 saturated heterocycles. The quantitative estimate of drug-likeness (QED) is 0.347. The largest absolute Gasteiger partial charge is 0.493 e. The maximum absolute atomic E-state index is 12.2. The molecule has 0 heterocycles. The first kappa shape index (κ1) is 29.2.